The minimum atomic E-state index is 0.360. The van der Waals surface area contributed by atoms with Crippen molar-refractivity contribution in [1.82, 2.24) is 19.9 Å². The Hall–Kier alpha value is -2.53. The van der Waals surface area contributed by atoms with E-state index in [9.17, 15) is 0 Å². The SMILES string of the molecule is CCCCC#Cc1nc(N)c2[nH]c(C#CCCCC)nc2n1. The highest BCUT2D eigenvalue weighted by atomic mass is 15.1. The molecular formula is C17H21N5. The van der Waals surface area contributed by atoms with Gasteiger partial charge in [-0.25, -0.2) is 9.97 Å². The molecule has 0 aliphatic heterocycles. The van der Waals surface area contributed by atoms with Crippen LogP contribution in [-0.4, -0.2) is 19.9 Å². The number of nitrogens with one attached hydrogen (secondary N) is 1. The molecule has 0 bridgehead atoms. The van der Waals surface area contributed by atoms with Crippen molar-refractivity contribution in [3.05, 3.63) is 11.6 Å². The highest BCUT2D eigenvalue weighted by molar-refractivity contribution is 5.82. The maximum atomic E-state index is 5.94. The van der Waals surface area contributed by atoms with Crippen molar-refractivity contribution in [3.63, 3.8) is 0 Å². The molecule has 2 aromatic heterocycles. The van der Waals surface area contributed by atoms with Crippen LogP contribution in [0.3, 0.4) is 0 Å². The average molecular weight is 295 g/mol. The van der Waals surface area contributed by atoms with E-state index in [0.717, 1.165) is 38.5 Å². The van der Waals surface area contributed by atoms with Gasteiger partial charge in [-0.3, -0.25) is 0 Å². The number of aromatic amines is 1. The first-order valence-corrected chi connectivity index (χ1v) is 7.75. The summed E-state index contributed by atoms with van der Waals surface area (Å²) in [7, 11) is 0. The molecule has 0 amide bonds. The summed E-state index contributed by atoms with van der Waals surface area (Å²) in [5.41, 5.74) is 7.08. The smallest absolute Gasteiger partial charge is 0.209 e. The summed E-state index contributed by atoms with van der Waals surface area (Å²) in [5.74, 6) is 13.4. The third kappa shape index (κ3) is 4.23. The van der Waals surface area contributed by atoms with Crippen molar-refractivity contribution in [2.75, 3.05) is 5.73 Å². The summed E-state index contributed by atoms with van der Waals surface area (Å²) < 4.78 is 0. The minimum absolute atomic E-state index is 0.360. The van der Waals surface area contributed by atoms with Gasteiger partial charge in [0.25, 0.3) is 0 Å². The van der Waals surface area contributed by atoms with Gasteiger partial charge in [0.2, 0.25) is 5.82 Å². The Morgan fingerprint density at radius 2 is 1.64 bits per heavy atom. The molecule has 0 aliphatic carbocycles. The fourth-order valence-electron chi connectivity index (χ4n) is 1.85. The fraction of sp³-hybridized carbons (Fsp3) is 0.471. The van der Waals surface area contributed by atoms with Gasteiger partial charge in [0.05, 0.1) is 0 Å². The summed E-state index contributed by atoms with van der Waals surface area (Å²) in [6.07, 6.45) is 6.12. The van der Waals surface area contributed by atoms with E-state index in [-0.39, 0.29) is 0 Å². The van der Waals surface area contributed by atoms with Crippen LogP contribution in [0.5, 0.6) is 0 Å². The molecule has 0 saturated carbocycles. The van der Waals surface area contributed by atoms with Crippen molar-refractivity contribution < 1.29 is 0 Å². The lowest BCUT2D eigenvalue weighted by atomic mass is 10.2. The largest absolute Gasteiger partial charge is 0.382 e. The number of hydrogen-bond donors (Lipinski definition) is 2. The number of rotatable bonds is 4. The zero-order valence-corrected chi connectivity index (χ0v) is 13.2. The Morgan fingerprint density at radius 3 is 2.32 bits per heavy atom. The topological polar surface area (TPSA) is 80.5 Å². The molecule has 0 unspecified atom stereocenters. The fourth-order valence-corrected chi connectivity index (χ4v) is 1.85. The second-order valence-electron chi connectivity index (χ2n) is 5.03. The summed E-state index contributed by atoms with van der Waals surface area (Å²) >= 11 is 0. The van der Waals surface area contributed by atoms with Crippen LogP contribution < -0.4 is 5.73 Å². The van der Waals surface area contributed by atoms with Gasteiger partial charge >= 0.3 is 0 Å². The lowest BCUT2D eigenvalue weighted by Crippen LogP contribution is -1.97. The van der Waals surface area contributed by atoms with Crippen LogP contribution in [0.2, 0.25) is 0 Å². The quantitative estimate of drug-likeness (QED) is 0.671. The number of anilines is 1. The van der Waals surface area contributed by atoms with Crippen molar-refractivity contribution in [1.29, 1.82) is 0 Å². The molecule has 0 atom stereocenters. The molecule has 0 fully saturated rings. The molecule has 0 aromatic carbocycles. The number of nitrogens with two attached hydrogens (primary N) is 1. The van der Waals surface area contributed by atoms with Crippen LogP contribution in [0, 0.1) is 23.7 Å². The number of imidazole rings is 1. The molecule has 0 radical (unpaired) electrons. The molecule has 0 spiro atoms. The number of nitrogens with zero attached hydrogens (tertiary/aromatic N) is 3. The third-order valence-corrected chi connectivity index (χ3v) is 3.10. The second-order valence-corrected chi connectivity index (χ2v) is 5.03. The monoisotopic (exact) mass is 295 g/mol. The average Bonchev–Trinajstić information content (AvgIpc) is 2.92. The molecule has 2 rings (SSSR count). The van der Waals surface area contributed by atoms with E-state index in [1.165, 1.54) is 0 Å². The van der Waals surface area contributed by atoms with E-state index in [1.807, 2.05) is 0 Å². The van der Waals surface area contributed by atoms with Gasteiger partial charge in [0, 0.05) is 12.8 Å². The first kappa shape index (κ1) is 15.9. The van der Waals surface area contributed by atoms with Crippen LogP contribution in [0.15, 0.2) is 0 Å². The molecule has 22 heavy (non-hydrogen) atoms. The lowest BCUT2D eigenvalue weighted by Gasteiger charge is -1.94. The molecule has 2 heterocycles. The van der Waals surface area contributed by atoms with Gasteiger partial charge in [-0.05, 0) is 24.7 Å². The summed E-state index contributed by atoms with van der Waals surface area (Å²) in [6, 6.07) is 0. The highest BCUT2D eigenvalue weighted by Crippen LogP contribution is 2.14. The van der Waals surface area contributed by atoms with Crippen molar-refractivity contribution in [3.8, 4) is 23.7 Å². The van der Waals surface area contributed by atoms with Crippen molar-refractivity contribution in [2.45, 2.75) is 52.4 Å². The number of aromatic nitrogens is 4. The molecule has 5 heteroatoms. The van der Waals surface area contributed by atoms with Gasteiger partial charge in [0.1, 0.15) is 5.52 Å². The maximum absolute atomic E-state index is 5.94. The first-order chi connectivity index (χ1) is 10.7. The summed E-state index contributed by atoms with van der Waals surface area (Å²) in [6.45, 7) is 4.28. The second kappa shape index (κ2) is 8.05. The third-order valence-electron chi connectivity index (χ3n) is 3.10. The zero-order valence-electron chi connectivity index (χ0n) is 13.2. The first-order valence-electron chi connectivity index (χ1n) is 7.75. The van der Waals surface area contributed by atoms with Gasteiger partial charge < -0.3 is 10.7 Å². The van der Waals surface area contributed by atoms with Gasteiger partial charge in [-0.2, -0.15) is 4.98 Å². The van der Waals surface area contributed by atoms with E-state index >= 15 is 0 Å². The predicted molar refractivity (Wildman–Crippen MR) is 88.9 cm³/mol. The molecule has 114 valence electrons. The number of H-pyrrole nitrogens is 1. The molecular weight excluding hydrogens is 274 g/mol. The normalized spacial score (nSPS) is 9.91. The molecule has 5 nitrogen and oxygen atoms in total. The van der Waals surface area contributed by atoms with Gasteiger partial charge in [-0.15, -0.1) is 0 Å². The molecule has 0 aliphatic rings. The Labute approximate surface area is 131 Å². The maximum Gasteiger partial charge on any atom is 0.209 e. The van der Waals surface area contributed by atoms with E-state index in [1.54, 1.807) is 0 Å². The lowest BCUT2D eigenvalue weighted by molar-refractivity contribution is 0.828. The van der Waals surface area contributed by atoms with Crippen molar-refractivity contribution in [2.24, 2.45) is 0 Å². The summed E-state index contributed by atoms with van der Waals surface area (Å²) in [5, 5.41) is 0. The van der Waals surface area contributed by atoms with E-state index < -0.39 is 0 Å². The standard InChI is InChI=1S/C17H21N5/c1-3-5-7-9-11-13-19-15-16(18)20-14(22-17(15)21-13)12-10-8-6-4-2/h3-8H2,1-2H3,(H3,18,19,20,21,22). The number of hydrogen-bond acceptors (Lipinski definition) is 4. The number of nitrogen functional groups attached to an aromatic ring is 1. The van der Waals surface area contributed by atoms with Crippen LogP contribution in [0.25, 0.3) is 11.2 Å². The Bertz CT molecular complexity index is 752. The minimum Gasteiger partial charge on any atom is -0.382 e. The Balaban J connectivity index is 2.21. The Morgan fingerprint density at radius 1 is 0.955 bits per heavy atom. The summed E-state index contributed by atoms with van der Waals surface area (Å²) in [4.78, 5) is 15.9. The van der Waals surface area contributed by atoms with Crippen LogP contribution in [-0.2, 0) is 0 Å². The van der Waals surface area contributed by atoms with Crippen LogP contribution >= 0.6 is 0 Å². The highest BCUT2D eigenvalue weighted by Gasteiger charge is 2.08. The van der Waals surface area contributed by atoms with E-state index in [0.29, 0.717) is 28.6 Å². The number of fused-ring (bicyclic) bond motifs is 1. The van der Waals surface area contributed by atoms with Gasteiger partial charge in [-0.1, -0.05) is 38.5 Å². The van der Waals surface area contributed by atoms with Crippen LogP contribution in [0.4, 0.5) is 5.82 Å². The number of unbranched alkanes of at least 4 members (excludes halogenated alkanes) is 4. The van der Waals surface area contributed by atoms with Crippen LogP contribution in [0.1, 0.15) is 64.0 Å². The molecule has 2 aromatic rings. The Kier molecular flexibility index (Phi) is 5.80. The zero-order chi connectivity index (χ0) is 15.8. The van der Waals surface area contributed by atoms with Gasteiger partial charge in [0.15, 0.2) is 17.3 Å². The van der Waals surface area contributed by atoms with E-state index in [2.05, 4.69) is 57.5 Å². The molecule has 0 saturated heterocycles. The van der Waals surface area contributed by atoms with E-state index in [4.69, 9.17) is 5.73 Å². The molecule has 3 N–H and O–H groups in total. The van der Waals surface area contributed by atoms with Crippen molar-refractivity contribution >= 4 is 17.0 Å². The predicted octanol–water partition coefficient (Wildman–Crippen LogP) is 3.02.